The first-order chi connectivity index (χ1) is 8.11. The van der Waals surface area contributed by atoms with Gasteiger partial charge >= 0.3 is 0 Å². The topological polar surface area (TPSA) is 49.6 Å². The van der Waals surface area contributed by atoms with Gasteiger partial charge in [-0.25, -0.2) is 18.7 Å². The number of hydrogen-bond donors (Lipinski definition) is 0. The van der Waals surface area contributed by atoms with E-state index < -0.39 is 11.6 Å². The Morgan fingerprint density at radius 3 is 2.71 bits per heavy atom. The van der Waals surface area contributed by atoms with Crippen LogP contribution in [0.2, 0.25) is 0 Å². The second kappa shape index (κ2) is 4.55. The predicted molar refractivity (Wildman–Crippen MR) is 59.8 cm³/mol. The number of halogens is 3. The number of nitriles is 1. The molecule has 17 heavy (non-hydrogen) atoms. The van der Waals surface area contributed by atoms with E-state index in [4.69, 9.17) is 5.26 Å². The van der Waals surface area contributed by atoms with Crippen LogP contribution < -0.4 is 0 Å². The highest BCUT2D eigenvalue weighted by Crippen LogP contribution is 2.26. The summed E-state index contributed by atoms with van der Waals surface area (Å²) in [7, 11) is 0. The molecule has 0 bridgehead atoms. The minimum Gasteiger partial charge on any atom is -0.236 e. The summed E-state index contributed by atoms with van der Waals surface area (Å²) in [5.41, 5.74) is 0.158. The van der Waals surface area contributed by atoms with Gasteiger partial charge in [0.1, 0.15) is 23.4 Å². The van der Waals surface area contributed by atoms with E-state index in [1.54, 1.807) is 0 Å². The zero-order valence-electron chi connectivity index (χ0n) is 8.28. The van der Waals surface area contributed by atoms with Crippen LogP contribution in [0, 0.1) is 23.0 Å². The van der Waals surface area contributed by atoms with Crippen LogP contribution in [0.15, 0.2) is 28.9 Å². The average Bonchev–Trinajstić information content (AvgIpc) is 2.34. The minimum absolute atomic E-state index is 0.0374. The number of rotatable bonds is 1. The van der Waals surface area contributed by atoms with Gasteiger partial charge in [-0.15, -0.1) is 0 Å². The second-order valence-corrected chi connectivity index (χ2v) is 3.98. The monoisotopic (exact) mass is 295 g/mol. The summed E-state index contributed by atoms with van der Waals surface area (Å²) in [5.74, 6) is -1.44. The molecule has 0 saturated heterocycles. The Hall–Kier alpha value is -1.87. The third-order valence-corrected chi connectivity index (χ3v) is 2.63. The van der Waals surface area contributed by atoms with E-state index in [2.05, 4.69) is 25.9 Å². The maximum Gasteiger partial charge on any atom is 0.163 e. The van der Waals surface area contributed by atoms with Crippen molar-refractivity contribution in [1.29, 1.82) is 5.26 Å². The van der Waals surface area contributed by atoms with E-state index >= 15 is 0 Å². The lowest BCUT2D eigenvalue weighted by atomic mass is 10.2. The highest BCUT2D eigenvalue weighted by molar-refractivity contribution is 9.10. The molecule has 0 N–H and O–H groups in total. The maximum atomic E-state index is 13.5. The van der Waals surface area contributed by atoms with Gasteiger partial charge in [-0.05, 0) is 28.1 Å². The molecule has 0 aliphatic carbocycles. The fourth-order valence-corrected chi connectivity index (χ4v) is 1.59. The zero-order valence-corrected chi connectivity index (χ0v) is 9.87. The third-order valence-electron chi connectivity index (χ3n) is 2.02. The van der Waals surface area contributed by atoms with Gasteiger partial charge in [0.25, 0.3) is 0 Å². The molecule has 0 unspecified atom stereocenters. The van der Waals surface area contributed by atoms with E-state index in [1.807, 2.05) is 6.07 Å². The normalized spacial score (nSPS) is 10.0. The van der Waals surface area contributed by atoms with Crippen molar-refractivity contribution in [2.75, 3.05) is 0 Å². The van der Waals surface area contributed by atoms with Gasteiger partial charge in [-0.1, -0.05) is 0 Å². The minimum atomic E-state index is -0.777. The Labute approximate surface area is 104 Å². The fraction of sp³-hybridized carbons (Fsp3) is 0. The van der Waals surface area contributed by atoms with Gasteiger partial charge in [0.05, 0.1) is 10.0 Å². The SMILES string of the molecule is N#Cc1ccnc(-c2cc(Br)c(F)cc2F)n1. The van der Waals surface area contributed by atoms with Crippen molar-refractivity contribution >= 4 is 15.9 Å². The lowest BCUT2D eigenvalue weighted by Crippen LogP contribution is -1.95. The Balaban J connectivity index is 2.61. The molecule has 1 aromatic carbocycles. The Morgan fingerprint density at radius 2 is 2.00 bits per heavy atom. The quantitative estimate of drug-likeness (QED) is 0.760. The first kappa shape index (κ1) is 11.6. The van der Waals surface area contributed by atoms with Crippen LogP contribution in [-0.4, -0.2) is 9.97 Å². The van der Waals surface area contributed by atoms with E-state index in [0.717, 1.165) is 6.07 Å². The van der Waals surface area contributed by atoms with Gasteiger partial charge in [-0.2, -0.15) is 5.26 Å². The van der Waals surface area contributed by atoms with Gasteiger partial charge in [0.15, 0.2) is 5.82 Å². The summed E-state index contributed by atoms with van der Waals surface area (Å²) < 4.78 is 26.7. The van der Waals surface area contributed by atoms with Gasteiger partial charge in [0.2, 0.25) is 0 Å². The average molecular weight is 296 g/mol. The number of aromatic nitrogens is 2. The van der Waals surface area contributed by atoms with E-state index in [0.29, 0.717) is 0 Å². The molecule has 3 nitrogen and oxygen atoms in total. The standard InChI is InChI=1S/C11H4BrF2N3/c12-8-3-7(9(13)4-10(8)14)11-16-2-1-6(5-15)17-11/h1-4H. The largest absolute Gasteiger partial charge is 0.236 e. The molecule has 2 rings (SSSR count). The van der Waals surface area contributed by atoms with Crippen molar-refractivity contribution in [2.45, 2.75) is 0 Å². The van der Waals surface area contributed by atoms with Crippen LogP contribution in [0.5, 0.6) is 0 Å². The molecular formula is C11H4BrF2N3. The molecule has 2 aromatic rings. The zero-order chi connectivity index (χ0) is 12.4. The second-order valence-electron chi connectivity index (χ2n) is 3.12. The van der Waals surface area contributed by atoms with Crippen LogP contribution in [-0.2, 0) is 0 Å². The Morgan fingerprint density at radius 1 is 1.24 bits per heavy atom. The first-order valence-electron chi connectivity index (χ1n) is 4.50. The van der Waals surface area contributed by atoms with E-state index in [-0.39, 0.29) is 21.6 Å². The lowest BCUT2D eigenvalue weighted by molar-refractivity contribution is 0.580. The van der Waals surface area contributed by atoms with Crippen molar-refractivity contribution in [1.82, 2.24) is 9.97 Å². The van der Waals surface area contributed by atoms with Crippen molar-refractivity contribution in [3.8, 4) is 17.5 Å². The van der Waals surface area contributed by atoms with Crippen molar-refractivity contribution in [3.05, 3.63) is 46.2 Å². The predicted octanol–water partition coefficient (Wildman–Crippen LogP) is 3.06. The maximum absolute atomic E-state index is 13.5. The first-order valence-corrected chi connectivity index (χ1v) is 5.29. The molecule has 0 amide bonds. The summed E-state index contributed by atoms with van der Waals surface area (Å²) >= 11 is 2.95. The fourth-order valence-electron chi connectivity index (χ4n) is 1.24. The lowest BCUT2D eigenvalue weighted by Gasteiger charge is -2.03. The van der Waals surface area contributed by atoms with Crippen molar-refractivity contribution < 1.29 is 8.78 Å². The summed E-state index contributed by atoms with van der Waals surface area (Å²) in [6.45, 7) is 0. The number of hydrogen-bond acceptors (Lipinski definition) is 3. The van der Waals surface area contributed by atoms with Gasteiger partial charge < -0.3 is 0 Å². The summed E-state index contributed by atoms with van der Waals surface area (Å²) in [6, 6.07) is 5.20. The molecule has 0 spiro atoms. The molecule has 0 fully saturated rings. The van der Waals surface area contributed by atoms with Gasteiger partial charge in [0, 0.05) is 12.3 Å². The van der Waals surface area contributed by atoms with Crippen LogP contribution in [0.4, 0.5) is 8.78 Å². The number of benzene rings is 1. The van der Waals surface area contributed by atoms with Crippen LogP contribution >= 0.6 is 15.9 Å². The molecule has 0 aliphatic heterocycles. The summed E-state index contributed by atoms with van der Waals surface area (Å²) in [6.07, 6.45) is 1.34. The molecule has 6 heteroatoms. The molecule has 0 saturated carbocycles. The number of nitrogens with zero attached hydrogens (tertiary/aromatic N) is 3. The van der Waals surface area contributed by atoms with Crippen molar-refractivity contribution in [3.63, 3.8) is 0 Å². The molecule has 0 aliphatic rings. The van der Waals surface area contributed by atoms with E-state index in [1.165, 1.54) is 18.3 Å². The highest BCUT2D eigenvalue weighted by atomic mass is 79.9. The molecule has 0 radical (unpaired) electrons. The third kappa shape index (κ3) is 2.29. The summed E-state index contributed by atoms with van der Waals surface area (Å²) in [5, 5.41) is 8.67. The molecule has 1 heterocycles. The van der Waals surface area contributed by atoms with Crippen LogP contribution in [0.1, 0.15) is 5.69 Å². The molecule has 84 valence electrons. The Kier molecular flexibility index (Phi) is 3.11. The van der Waals surface area contributed by atoms with Gasteiger partial charge in [-0.3, -0.25) is 0 Å². The Bertz CT molecular complexity index is 623. The molecule has 1 aromatic heterocycles. The molecule has 0 atom stereocenters. The van der Waals surface area contributed by atoms with Crippen molar-refractivity contribution in [2.24, 2.45) is 0 Å². The van der Waals surface area contributed by atoms with Crippen LogP contribution in [0.3, 0.4) is 0 Å². The van der Waals surface area contributed by atoms with Crippen LogP contribution in [0.25, 0.3) is 11.4 Å². The molecular weight excluding hydrogens is 292 g/mol. The summed E-state index contributed by atoms with van der Waals surface area (Å²) in [4.78, 5) is 7.68. The van der Waals surface area contributed by atoms with E-state index in [9.17, 15) is 8.78 Å². The highest BCUT2D eigenvalue weighted by Gasteiger charge is 2.12. The smallest absolute Gasteiger partial charge is 0.163 e.